The van der Waals surface area contributed by atoms with E-state index in [9.17, 15) is 5.11 Å². The van der Waals surface area contributed by atoms with Gasteiger partial charge >= 0.3 is 0 Å². The highest BCUT2D eigenvalue weighted by Gasteiger charge is 2.57. The third-order valence-corrected chi connectivity index (χ3v) is 8.55. The van der Waals surface area contributed by atoms with Gasteiger partial charge in [0, 0.05) is 0 Å². The molecule has 0 aromatic heterocycles. The van der Waals surface area contributed by atoms with Crippen molar-refractivity contribution >= 4 is 0 Å². The predicted octanol–water partition coefficient (Wildman–Crippen LogP) is 4.95. The second-order valence-electron chi connectivity index (χ2n) is 9.18. The van der Waals surface area contributed by atoms with E-state index >= 15 is 0 Å². The van der Waals surface area contributed by atoms with Crippen LogP contribution < -0.4 is 0 Å². The van der Waals surface area contributed by atoms with E-state index in [2.05, 4.69) is 26.8 Å². The van der Waals surface area contributed by atoms with Crippen LogP contribution in [0.25, 0.3) is 0 Å². The zero-order valence-electron chi connectivity index (χ0n) is 14.1. The molecule has 0 radical (unpaired) electrons. The Hall–Kier alpha value is -0.300. The zero-order valence-corrected chi connectivity index (χ0v) is 14.1. The van der Waals surface area contributed by atoms with E-state index in [1.165, 1.54) is 38.5 Å². The molecule has 4 rings (SSSR count). The molecule has 0 heterocycles. The van der Waals surface area contributed by atoms with Crippen molar-refractivity contribution in [3.63, 3.8) is 0 Å². The van der Waals surface area contributed by atoms with Crippen molar-refractivity contribution in [2.24, 2.45) is 34.5 Å². The van der Waals surface area contributed by atoms with E-state index in [4.69, 9.17) is 0 Å². The molecule has 0 saturated heterocycles. The first-order valence-corrected chi connectivity index (χ1v) is 9.33. The van der Waals surface area contributed by atoms with Crippen LogP contribution in [0.3, 0.4) is 0 Å². The van der Waals surface area contributed by atoms with Crippen LogP contribution in [0, 0.1) is 34.5 Å². The highest BCUT2D eigenvalue weighted by atomic mass is 16.3. The molecule has 4 aliphatic carbocycles. The van der Waals surface area contributed by atoms with Crippen LogP contribution in [0.4, 0.5) is 0 Å². The van der Waals surface area contributed by atoms with Crippen molar-refractivity contribution in [1.29, 1.82) is 0 Å². The molecule has 2 unspecified atom stereocenters. The molecular formula is C20H32O. The fourth-order valence-electron chi connectivity index (χ4n) is 6.90. The lowest BCUT2D eigenvalue weighted by molar-refractivity contribution is -0.0474. The maximum absolute atomic E-state index is 10.0. The van der Waals surface area contributed by atoms with Gasteiger partial charge in [0.1, 0.15) is 0 Å². The lowest BCUT2D eigenvalue weighted by Crippen LogP contribution is -2.50. The number of hydrogen-bond acceptors (Lipinski definition) is 1. The van der Waals surface area contributed by atoms with E-state index in [0.717, 1.165) is 36.5 Å². The lowest BCUT2D eigenvalue weighted by atomic mass is 9.47. The second-order valence-corrected chi connectivity index (χ2v) is 9.18. The highest BCUT2D eigenvalue weighted by Crippen LogP contribution is 2.66. The van der Waals surface area contributed by atoms with Gasteiger partial charge in [0.25, 0.3) is 0 Å². The van der Waals surface area contributed by atoms with Crippen LogP contribution in [0.5, 0.6) is 0 Å². The predicted molar refractivity (Wildman–Crippen MR) is 86.9 cm³/mol. The van der Waals surface area contributed by atoms with Crippen molar-refractivity contribution in [1.82, 2.24) is 0 Å². The second kappa shape index (κ2) is 4.60. The molecule has 1 N–H and O–H groups in total. The van der Waals surface area contributed by atoms with Gasteiger partial charge in [-0.3, -0.25) is 0 Å². The first-order valence-electron chi connectivity index (χ1n) is 9.33. The maximum atomic E-state index is 10.0. The van der Waals surface area contributed by atoms with Crippen LogP contribution in [0.2, 0.25) is 0 Å². The Balaban J connectivity index is 1.68. The van der Waals surface area contributed by atoms with E-state index < -0.39 is 0 Å². The van der Waals surface area contributed by atoms with Gasteiger partial charge in [-0.15, -0.1) is 0 Å². The molecule has 0 aromatic rings. The number of aliphatic hydroxyl groups is 1. The van der Waals surface area contributed by atoms with Crippen molar-refractivity contribution in [2.45, 2.75) is 78.2 Å². The minimum atomic E-state index is -0.0683. The van der Waals surface area contributed by atoms with Crippen molar-refractivity contribution in [3.8, 4) is 0 Å². The molecule has 0 bridgehead atoms. The van der Waals surface area contributed by atoms with Gasteiger partial charge in [0.05, 0.1) is 6.10 Å². The van der Waals surface area contributed by atoms with Gasteiger partial charge in [0.2, 0.25) is 0 Å². The maximum Gasteiger partial charge on any atom is 0.0577 e. The van der Waals surface area contributed by atoms with E-state index in [0.29, 0.717) is 10.8 Å². The average Bonchev–Trinajstić information content (AvgIpc) is 2.76. The third kappa shape index (κ3) is 1.85. The Bertz CT molecular complexity index is 466. The Kier molecular flexibility index (Phi) is 3.13. The quantitative estimate of drug-likeness (QED) is 0.626. The molecular weight excluding hydrogens is 256 g/mol. The van der Waals surface area contributed by atoms with Crippen LogP contribution in [0.15, 0.2) is 11.6 Å². The summed E-state index contributed by atoms with van der Waals surface area (Å²) in [5, 5.41) is 10.0. The fourth-order valence-corrected chi connectivity index (χ4v) is 6.90. The largest absolute Gasteiger partial charge is 0.393 e. The summed E-state index contributed by atoms with van der Waals surface area (Å²) in [4.78, 5) is 0. The number of hydrogen-bond donors (Lipinski definition) is 1. The van der Waals surface area contributed by atoms with Crippen molar-refractivity contribution in [2.75, 3.05) is 0 Å². The van der Waals surface area contributed by atoms with E-state index in [1.54, 1.807) is 5.57 Å². The van der Waals surface area contributed by atoms with Crippen molar-refractivity contribution < 1.29 is 5.11 Å². The summed E-state index contributed by atoms with van der Waals surface area (Å²) in [5.74, 6) is 3.72. The first-order chi connectivity index (χ1) is 9.95. The number of fused-ring (bicyclic) bond motifs is 5. The number of rotatable bonds is 0. The summed E-state index contributed by atoms with van der Waals surface area (Å²) >= 11 is 0. The molecule has 7 atom stereocenters. The van der Waals surface area contributed by atoms with Gasteiger partial charge in [-0.2, -0.15) is 0 Å². The first kappa shape index (κ1) is 14.3. The molecule has 1 nitrogen and oxygen atoms in total. The molecule has 0 aliphatic heterocycles. The van der Waals surface area contributed by atoms with E-state index in [1.807, 2.05) is 0 Å². The number of aliphatic hydroxyl groups excluding tert-OH is 1. The summed E-state index contributed by atoms with van der Waals surface area (Å²) in [5.41, 5.74) is 2.64. The molecule has 0 aromatic carbocycles. The normalized spacial score (nSPS) is 56.2. The van der Waals surface area contributed by atoms with Crippen LogP contribution >= 0.6 is 0 Å². The summed E-state index contributed by atoms with van der Waals surface area (Å²) < 4.78 is 0. The van der Waals surface area contributed by atoms with Gasteiger partial charge in [0.15, 0.2) is 0 Å². The van der Waals surface area contributed by atoms with Crippen LogP contribution in [0.1, 0.15) is 72.1 Å². The Morgan fingerprint density at radius 2 is 1.86 bits per heavy atom. The highest BCUT2D eigenvalue weighted by molar-refractivity contribution is 5.25. The average molecular weight is 288 g/mol. The molecule has 4 aliphatic rings. The number of allylic oxidation sites excluding steroid dienone is 1. The Morgan fingerprint density at radius 3 is 2.67 bits per heavy atom. The van der Waals surface area contributed by atoms with Crippen LogP contribution in [-0.4, -0.2) is 11.2 Å². The summed E-state index contributed by atoms with van der Waals surface area (Å²) in [6.45, 7) is 7.63. The fraction of sp³-hybridized carbons (Fsp3) is 0.900. The zero-order chi connectivity index (χ0) is 14.8. The van der Waals surface area contributed by atoms with Gasteiger partial charge in [-0.25, -0.2) is 0 Å². The molecule has 0 spiro atoms. The molecule has 3 fully saturated rings. The van der Waals surface area contributed by atoms with Gasteiger partial charge in [-0.1, -0.05) is 32.4 Å². The summed E-state index contributed by atoms with van der Waals surface area (Å²) in [6.07, 6.45) is 12.8. The van der Waals surface area contributed by atoms with Gasteiger partial charge in [-0.05, 0) is 85.9 Å². The lowest BCUT2D eigenvalue weighted by Gasteiger charge is -2.58. The monoisotopic (exact) mass is 288 g/mol. The van der Waals surface area contributed by atoms with Crippen LogP contribution in [-0.2, 0) is 0 Å². The summed E-state index contributed by atoms with van der Waals surface area (Å²) in [6, 6.07) is 0. The minimum absolute atomic E-state index is 0.0683. The van der Waals surface area contributed by atoms with Gasteiger partial charge < -0.3 is 5.11 Å². The molecule has 21 heavy (non-hydrogen) atoms. The summed E-state index contributed by atoms with van der Waals surface area (Å²) in [7, 11) is 0. The minimum Gasteiger partial charge on any atom is -0.393 e. The van der Waals surface area contributed by atoms with E-state index in [-0.39, 0.29) is 6.10 Å². The Labute approximate surface area is 130 Å². The SMILES string of the molecule is CC1CC[C@H]2[C@@H]3CC=C4CC(O)CC[C@]4(C)[C@@H]3CC[C@]12C. The molecule has 3 saturated carbocycles. The topological polar surface area (TPSA) is 20.2 Å². The third-order valence-electron chi connectivity index (χ3n) is 8.55. The molecule has 118 valence electrons. The Morgan fingerprint density at radius 1 is 1.05 bits per heavy atom. The smallest absolute Gasteiger partial charge is 0.0577 e. The standard InChI is InChI=1S/C20H32O/c1-13-4-7-17-16-6-5-14-12-15(21)8-10-20(14,3)18(16)9-11-19(13,17)2/h5,13,15-18,21H,4,6-12H2,1-3H3/t13?,15?,16-,17-,18+,19+,20-/m0/s1. The molecule has 0 amide bonds. The molecule has 1 heteroatoms. The van der Waals surface area contributed by atoms with Crippen molar-refractivity contribution in [3.05, 3.63) is 11.6 Å².